The van der Waals surface area contributed by atoms with Crippen molar-refractivity contribution in [1.82, 2.24) is 9.97 Å². The van der Waals surface area contributed by atoms with Crippen LogP contribution >= 0.6 is 11.3 Å². The van der Waals surface area contributed by atoms with E-state index >= 15 is 0 Å². The number of aromatic nitrogens is 2. The fourth-order valence-corrected chi connectivity index (χ4v) is 7.16. The maximum atomic E-state index is 13.2. The standard InChI is InChI=1S/C29H32N2O5S2/c1-6-35-23-15-18(9-14-22(23)36-38(33,34)20-11-7-17(2)8-12-20)26-30-27(32)25-21-13-10-19(29(3,4)5)16-24(21)37-28(25)31-26/h7-9,11-12,14-15,19H,6,10,13,16H2,1-5H3,(H,30,31,32)/t19-/m1/s1. The van der Waals surface area contributed by atoms with Crippen molar-refractivity contribution in [3.05, 3.63) is 68.8 Å². The van der Waals surface area contributed by atoms with E-state index in [1.165, 1.54) is 23.1 Å². The van der Waals surface area contributed by atoms with Crippen molar-refractivity contribution in [1.29, 1.82) is 0 Å². The molecule has 200 valence electrons. The molecule has 38 heavy (non-hydrogen) atoms. The van der Waals surface area contributed by atoms with Gasteiger partial charge in [-0.05, 0) is 80.3 Å². The van der Waals surface area contributed by atoms with E-state index in [0.29, 0.717) is 29.3 Å². The third-order valence-corrected chi connectivity index (χ3v) is 9.57. The smallest absolute Gasteiger partial charge is 0.339 e. The summed E-state index contributed by atoms with van der Waals surface area (Å²) in [6.07, 6.45) is 2.91. The Labute approximate surface area is 227 Å². The number of ether oxygens (including phenoxy) is 1. The molecule has 1 atom stereocenters. The average molecular weight is 553 g/mol. The molecule has 1 N–H and O–H groups in total. The lowest BCUT2D eigenvalue weighted by Gasteiger charge is -2.33. The first kappa shape index (κ1) is 26.4. The first-order valence-electron chi connectivity index (χ1n) is 12.8. The van der Waals surface area contributed by atoms with Crippen molar-refractivity contribution in [2.75, 3.05) is 6.61 Å². The summed E-state index contributed by atoms with van der Waals surface area (Å²) in [7, 11) is -4.05. The molecule has 9 heteroatoms. The molecular formula is C29H32N2O5S2. The molecule has 0 amide bonds. The molecule has 4 aromatic rings. The number of hydrogen-bond donors (Lipinski definition) is 1. The van der Waals surface area contributed by atoms with Gasteiger partial charge in [0.25, 0.3) is 5.56 Å². The van der Waals surface area contributed by atoms with E-state index in [4.69, 9.17) is 13.9 Å². The quantitative estimate of drug-likeness (QED) is 0.283. The average Bonchev–Trinajstić information content (AvgIpc) is 3.23. The maximum absolute atomic E-state index is 13.2. The SMILES string of the molecule is CCOc1cc(-c2nc3sc4c(c3c(=O)[nH]2)CC[C@@H](C(C)(C)C)C4)ccc1OS(=O)(=O)c1ccc(C)cc1. The lowest BCUT2D eigenvalue weighted by Crippen LogP contribution is -2.26. The Bertz CT molecular complexity index is 1660. The van der Waals surface area contributed by atoms with Crippen LogP contribution in [0.15, 0.2) is 52.2 Å². The van der Waals surface area contributed by atoms with Crippen LogP contribution in [0.3, 0.4) is 0 Å². The normalized spacial score (nSPS) is 15.9. The van der Waals surface area contributed by atoms with Crippen molar-refractivity contribution in [2.24, 2.45) is 11.3 Å². The Morgan fingerprint density at radius 1 is 1.11 bits per heavy atom. The van der Waals surface area contributed by atoms with Gasteiger partial charge in [-0.3, -0.25) is 4.79 Å². The summed E-state index contributed by atoms with van der Waals surface area (Å²) in [6.45, 7) is 10.8. The number of H-pyrrole nitrogens is 1. The predicted molar refractivity (Wildman–Crippen MR) is 151 cm³/mol. The highest BCUT2D eigenvalue weighted by Gasteiger charge is 2.32. The largest absolute Gasteiger partial charge is 0.490 e. The van der Waals surface area contributed by atoms with Gasteiger partial charge in [-0.2, -0.15) is 8.42 Å². The van der Waals surface area contributed by atoms with Crippen molar-refractivity contribution in [3.8, 4) is 22.9 Å². The highest BCUT2D eigenvalue weighted by Crippen LogP contribution is 2.42. The molecule has 7 nitrogen and oxygen atoms in total. The van der Waals surface area contributed by atoms with Crippen molar-refractivity contribution < 1.29 is 17.3 Å². The van der Waals surface area contributed by atoms with E-state index in [0.717, 1.165) is 35.2 Å². The van der Waals surface area contributed by atoms with Crippen LogP contribution in [0.1, 0.15) is 50.1 Å². The summed E-state index contributed by atoms with van der Waals surface area (Å²) in [5.74, 6) is 1.29. The van der Waals surface area contributed by atoms with Crippen LogP contribution in [0.4, 0.5) is 0 Å². The molecular weight excluding hydrogens is 520 g/mol. The zero-order valence-electron chi connectivity index (χ0n) is 22.3. The van der Waals surface area contributed by atoms with Gasteiger partial charge in [-0.25, -0.2) is 4.98 Å². The summed E-state index contributed by atoms with van der Waals surface area (Å²) < 4.78 is 36.9. The lowest BCUT2D eigenvalue weighted by molar-refractivity contribution is 0.218. The highest BCUT2D eigenvalue weighted by molar-refractivity contribution is 7.87. The second kappa shape index (κ2) is 9.85. The number of benzene rings is 2. The molecule has 0 fully saturated rings. The topological polar surface area (TPSA) is 98.3 Å². The third-order valence-electron chi connectivity index (χ3n) is 7.17. The number of nitrogens with one attached hydrogen (secondary N) is 1. The fourth-order valence-electron chi connectivity index (χ4n) is 4.92. The van der Waals surface area contributed by atoms with Crippen molar-refractivity contribution >= 4 is 31.7 Å². The van der Waals surface area contributed by atoms with Crippen LogP contribution in [0.25, 0.3) is 21.6 Å². The van der Waals surface area contributed by atoms with Gasteiger partial charge in [0.1, 0.15) is 15.6 Å². The molecule has 2 aromatic heterocycles. The summed E-state index contributed by atoms with van der Waals surface area (Å²) in [4.78, 5) is 23.0. The second-order valence-corrected chi connectivity index (χ2v) is 13.5. The van der Waals surface area contributed by atoms with E-state index < -0.39 is 10.1 Å². The van der Waals surface area contributed by atoms with Gasteiger partial charge in [0, 0.05) is 10.4 Å². The summed E-state index contributed by atoms with van der Waals surface area (Å²) in [5, 5.41) is 0.690. The molecule has 0 saturated carbocycles. The minimum Gasteiger partial charge on any atom is -0.490 e. The summed E-state index contributed by atoms with van der Waals surface area (Å²) in [6, 6.07) is 11.3. The molecule has 0 aliphatic heterocycles. The molecule has 0 unspecified atom stereocenters. The number of thiophene rings is 1. The lowest BCUT2D eigenvalue weighted by atomic mass is 9.72. The maximum Gasteiger partial charge on any atom is 0.339 e. The number of fused-ring (bicyclic) bond motifs is 3. The summed E-state index contributed by atoms with van der Waals surface area (Å²) in [5.41, 5.74) is 2.74. The zero-order valence-corrected chi connectivity index (χ0v) is 23.9. The monoisotopic (exact) mass is 552 g/mol. The Hall–Kier alpha value is -3.17. The molecule has 2 heterocycles. The molecule has 2 aromatic carbocycles. The second-order valence-electron chi connectivity index (χ2n) is 10.8. The van der Waals surface area contributed by atoms with Crippen LogP contribution in [-0.2, 0) is 23.0 Å². The van der Waals surface area contributed by atoms with Gasteiger partial charge in [0.15, 0.2) is 11.5 Å². The van der Waals surface area contributed by atoms with Gasteiger partial charge in [0.2, 0.25) is 0 Å². The zero-order chi connectivity index (χ0) is 27.2. The number of aromatic amines is 1. The van der Waals surface area contributed by atoms with Gasteiger partial charge < -0.3 is 13.9 Å². The van der Waals surface area contributed by atoms with Crippen molar-refractivity contribution in [2.45, 2.75) is 58.8 Å². The molecule has 0 radical (unpaired) electrons. The van der Waals surface area contributed by atoms with Crippen LogP contribution in [0.2, 0.25) is 0 Å². The van der Waals surface area contributed by atoms with Crippen LogP contribution < -0.4 is 14.5 Å². The van der Waals surface area contributed by atoms with E-state index in [1.54, 1.807) is 42.5 Å². The molecule has 5 rings (SSSR count). The Kier molecular flexibility index (Phi) is 6.86. The van der Waals surface area contributed by atoms with Crippen LogP contribution in [0.5, 0.6) is 11.5 Å². The molecule has 0 bridgehead atoms. The fraction of sp³-hybridized carbons (Fsp3) is 0.379. The molecule has 0 saturated heterocycles. The predicted octanol–water partition coefficient (Wildman–Crippen LogP) is 6.28. The first-order valence-corrected chi connectivity index (χ1v) is 15.0. The molecule has 1 aliphatic rings. The summed E-state index contributed by atoms with van der Waals surface area (Å²) >= 11 is 1.60. The van der Waals surface area contributed by atoms with E-state index in [2.05, 4.69) is 25.8 Å². The first-order chi connectivity index (χ1) is 18.0. The van der Waals surface area contributed by atoms with Gasteiger partial charge >= 0.3 is 10.1 Å². The van der Waals surface area contributed by atoms with Gasteiger partial charge in [0.05, 0.1) is 12.0 Å². The Morgan fingerprint density at radius 2 is 1.84 bits per heavy atom. The number of rotatable bonds is 6. The van der Waals surface area contributed by atoms with Crippen molar-refractivity contribution in [3.63, 3.8) is 0 Å². The van der Waals surface area contributed by atoms with E-state index in [9.17, 15) is 13.2 Å². The number of hydrogen-bond acceptors (Lipinski definition) is 7. The van der Waals surface area contributed by atoms with Gasteiger partial charge in [-0.1, -0.05) is 38.5 Å². The number of aryl methyl sites for hydroxylation is 2. The van der Waals surface area contributed by atoms with E-state index in [-0.39, 0.29) is 27.4 Å². The third kappa shape index (κ3) is 5.09. The van der Waals surface area contributed by atoms with Crippen LogP contribution in [0, 0.1) is 18.3 Å². The minimum atomic E-state index is -4.05. The molecule has 1 aliphatic carbocycles. The van der Waals surface area contributed by atoms with E-state index in [1.807, 2.05) is 6.92 Å². The minimum absolute atomic E-state index is 0.0569. The number of nitrogens with zero attached hydrogens (tertiary/aromatic N) is 1. The Morgan fingerprint density at radius 3 is 2.53 bits per heavy atom. The highest BCUT2D eigenvalue weighted by atomic mass is 32.2. The van der Waals surface area contributed by atoms with Gasteiger partial charge in [-0.15, -0.1) is 11.3 Å². The van der Waals surface area contributed by atoms with Crippen LogP contribution in [-0.4, -0.2) is 25.0 Å². The Balaban J connectivity index is 1.50. The molecule has 0 spiro atoms.